The zero-order valence-electron chi connectivity index (χ0n) is 17.3. The van der Waals surface area contributed by atoms with Crippen LogP contribution in [0.15, 0.2) is 58.9 Å². The van der Waals surface area contributed by atoms with Gasteiger partial charge in [-0.2, -0.15) is 0 Å². The molecule has 0 N–H and O–H groups in total. The van der Waals surface area contributed by atoms with Crippen LogP contribution in [0.1, 0.15) is 22.6 Å². The van der Waals surface area contributed by atoms with Gasteiger partial charge in [0, 0.05) is 35.3 Å². The van der Waals surface area contributed by atoms with Crippen LogP contribution in [0, 0.1) is 0 Å². The molecule has 0 radical (unpaired) electrons. The van der Waals surface area contributed by atoms with Gasteiger partial charge in [-0.15, -0.1) is 11.3 Å². The Bertz CT molecular complexity index is 1500. The lowest BCUT2D eigenvalue weighted by Crippen LogP contribution is -2.22. The lowest BCUT2D eigenvalue weighted by molar-refractivity contribution is 0.414. The number of nitrogens with zero attached hydrogens (tertiary/aromatic N) is 5. The normalized spacial score (nSPS) is 13.2. The van der Waals surface area contributed by atoms with Crippen molar-refractivity contribution in [1.29, 1.82) is 0 Å². The van der Waals surface area contributed by atoms with Gasteiger partial charge in [0.15, 0.2) is 5.16 Å². The molecule has 0 spiro atoms. The van der Waals surface area contributed by atoms with E-state index in [2.05, 4.69) is 9.97 Å². The number of thioether (sulfide) groups is 1. The SMILES string of the molecule is COc1cccc(-n2c(SCc3cn4cccnc4n3)nc3sc4c(c3c2=O)CCC4)c1. The van der Waals surface area contributed by atoms with Crippen LogP contribution in [0.25, 0.3) is 21.7 Å². The third kappa shape index (κ3) is 3.20. The molecule has 4 aromatic heterocycles. The van der Waals surface area contributed by atoms with E-state index in [0.29, 0.717) is 22.4 Å². The Morgan fingerprint density at radius 3 is 3.03 bits per heavy atom. The van der Waals surface area contributed by atoms with Gasteiger partial charge in [-0.1, -0.05) is 17.8 Å². The number of imidazole rings is 1. The molecule has 0 amide bonds. The monoisotopic (exact) mass is 461 g/mol. The topological polar surface area (TPSA) is 74.3 Å². The van der Waals surface area contributed by atoms with Gasteiger partial charge < -0.3 is 4.74 Å². The molecule has 0 bridgehead atoms. The Labute approximate surface area is 191 Å². The molecule has 7 nitrogen and oxygen atoms in total. The number of benzene rings is 1. The Balaban J connectivity index is 1.48. The summed E-state index contributed by atoms with van der Waals surface area (Å²) in [6.45, 7) is 0. The van der Waals surface area contributed by atoms with Crippen molar-refractivity contribution in [3.05, 3.63) is 75.4 Å². The second-order valence-corrected chi connectivity index (χ2v) is 9.65. The fourth-order valence-corrected chi connectivity index (χ4v) is 6.39. The summed E-state index contributed by atoms with van der Waals surface area (Å²) in [5, 5.41) is 1.42. The quantitative estimate of drug-likeness (QED) is 0.287. The Morgan fingerprint density at radius 1 is 1.22 bits per heavy atom. The molecular formula is C23H19N5O2S2. The molecule has 0 saturated heterocycles. The summed E-state index contributed by atoms with van der Waals surface area (Å²) in [6.07, 6.45) is 8.70. The van der Waals surface area contributed by atoms with Crippen LogP contribution in [0.5, 0.6) is 5.75 Å². The first-order chi connectivity index (χ1) is 15.7. The predicted molar refractivity (Wildman–Crippen MR) is 126 cm³/mol. The molecule has 1 aliphatic carbocycles. The number of aryl methyl sites for hydroxylation is 2. The third-order valence-electron chi connectivity index (χ3n) is 5.65. The molecule has 0 unspecified atom stereocenters. The second-order valence-electron chi connectivity index (χ2n) is 7.62. The Kier molecular flexibility index (Phi) is 4.73. The van der Waals surface area contributed by atoms with Crippen molar-refractivity contribution in [2.75, 3.05) is 7.11 Å². The van der Waals surface area contributed by atoms with Crippen molar-refractivity contribution in [3.63, 3.8) is 0 Å². The number of aromatic nitrogens is 5. The average molecular weight is 462 g/mol. The molecule has 1 aromatic carbocycles. The average Bonchev–Trinajstić information content (AvgIpc) is 3.51. The number of ether oxygens (including phenoxy) is 1. The number of thiophene rings is 1. The first-order valence-electron chi connectivity index (χ1n) is 10.3. The van der Waals surface area contributed by atoms with E-state index in [1.807, 2.05) is 47.1 Å². The van der Waals surface area contributed by atoms with Crippen molar-refractivity contribution in [2.45, 2.75) is 30.2 Å². The fraction of sp³-hybridized carbons (Fsp3) is 0.217. The van der Waals surface area contributed by atoms with Gasteiger partial charge in [0.1, 0.15) is 10.6 Å². The minimum atomic E-state index is -0.0122. The summed E-state index contributed by atoms with van der Waals surface area (Å²) in [7, 11) is 1.63. The van der Waals surface area contributed by atoms with Gasteiger partial charge in [0.05, 0.1) is 23.9 Å². The number of methoxy groups -OCH3 is 1. The third-order valence-corrected chi connectivity index (χ3v) is 7.81. The minimum absolute atomic E-state index is 0.0122. The second kappa shape index (κ2) is 7.75. The molecule has 0 saturated carbocycles. The van der Waals surface area contributed by atoms with Crippen LogP contribution in [-0.4, -0.2) is 31.0 Å². The van der Waals surface area contributed by atoms with Crippen LogP contribution in [0.3, 0.4) is 0 Å². The summed E-state index contributed by atoms with van der Waals surface area (Å²) in [6, 6.07) is 9.44. The smallest absolute Gasteiger partial charge is 0.267 e. The fourth-order valence-electron chi connectivity index (χ4n) is 4.19. The molecule has 32 heavy (non-hydrogen) atoms. The molecule has 0 aliphatic heterocycles. The van der Waals surface area contributed by atoms with Gasteiger partial charge >= 0.3 is 0 Å². The first-order valence-corrected chi connectivity index (χ1v) is 12.1. The highest BCUT2D eigenvalue weighted by Gasteiger charge is 2.24. The molecule has 6 rings (SSSR count). The van der Waals surface area contributed by atoms with Gasteiger partial charge in [-0.25, -0.2) is 15.0 Å². The standard InChI is InChI=1S/C23H19N5O2S2/c1-30-16-6-2-5-15(11-16)28-21(29)19-17-7-3-8-18(17)32-20(19)26-23(28)31-13-14-12-27-10-4-9-24-22(27)25-14/h2,4-6,9-12H,3,7-8,13H2,1H3. The summed E-state index contributed by atoms with van der Waals surface area (Å²) in [5.74, 6) is 1.94. The van der Waals surface area contributed by atoms with Gasteiger partial charge in [-0.3, -0.25) is 13.8 Å². The Morgan fingerprint density at radius 2 is 2.16 bits per heavy atom. The van der Waals surface area contributed by atoms with E-state index in [9.17, 15) is 4.79 Å². The van der Waals surface area contributed by atoms with E-state index < -0.39 is 0 Å². The Hall–Kier alpha value is -3.17. The van der Waals surface area contributed by atoms with Crippen molar-refractivity contribution in [2.24, 2.45) is 0 Å². The van der Waals surface area contributed by atoms with E-state index in [-0.39, 0.29) is 5.56 Å². The number of hydrogen-bond acceptors (Lipinski definition) is 7. The maximum absolute atomic E-state index is 13.8. The first kappa shape index (κ1) is 19.5. The maximum atomic E-state index is 13.8. The van der Waals surface area contributed by atoms with Crippen LogP contribution >= 0.6 is 23.1 Å². The lowest BCUT2D eigenvalue weighted by atomic mass is 10.2. The molecule has 160 valence electrons. The highest BCUT2D eigenvalue weighted by atomic mass is 32.2. The van der Waals surface area contributed by atoms with E-state index in [0.717, 1.165) is 40.9 Å². The van der Waals surface area contributed by atoms with Gasteiger partial charge in [0.2, 0.25) is 5.78 Å². The summed E-state index contributed by atoms with van der Waals surface area (Å²) in [4.78, 5) is 29.7. The zero-order chi connectivity index (χ0) is 21.7. The number of fused-ring (bicyclic) bond motifs is 4. The van der Waals surface area contributed by atoms with E-state index >= 15 is 0 Å². The van der Waals surface area contributed by atoms with Crippen molar-refractivity contribution >= 4 is 39.1 Å². The summed E-state index contributed by atoms with van der Waals surface area (Å²) in [5.41, 5.74) is 2.80. The lowest BCUT2D eigenvalue weighted by Gasteiger charge is -2.13. The molecule has 5 aromatic rings. The summed E-state index contributed by atoms with van der Waals surface area (Å²) < 4.78 is 9.02. The largest absolute Gasteiger partial charge is 0.497 e. The highest BCUT2D eigenvalue weighted by molar-refractivity contribution is 7.98. The molecule has 0 atom stereocenters. The molecule has 0 fully saturated rings. The van der Waals surface area contributed by atoms with Crippen LogP contribution in [0.2, 0.25) is 0 Å². The zero-order valence-corrected chi connectivity index (χ0v) is 18.9. The molecule has 9 heteroatoms. The maximum Gasteiger partial charge on any atom is 0.267 e. The molecular weight excluding hydrogens is 442 g/mol. The number of rotatable bonds is 5. The van der Waals surface area contributed by atoms with Gasteiger partial charge in [-0.05, 0) is 43.0 Å². The minimum Gasteiger partial charge on any atom is -0.497 e. The van der Waals surface area contributed by atoms with Crippen LogP contribution in [0.4, 0.5) is 0 Å². The van der Waals surface area contributed by atoms with E-state index in [1.54, 1.807) is 29.2 Å². The van der Waals surface area contributed by atoms with Crippen LogP contribution in [-0.2, 0) is 18.6 Å². The van der Waals surface area contributed by atoms with Crippen molar-refractivity contribution in [1.82, 2.24) is 23.9 Å². The van der Waals surface area contributed by atoms with Crippen molar-refractivity contribution < 1.29 is 4.74 Å². The summed E-state index contributed by atoms with van der Waals surface area (Å²) >= 11 is 3.17. The predicted octanol–water partition coefficient (Wildman–Crippen LogP) is 4.28. The van der Waals surface area contributed by atoms with Gasteiger partial charge in [0.25, 0.3) is 5.56 Å². The molecule has 1 aliphatic rings. The highest BCUT2D eigenvalue weighted by Crippen LogP contribution is 2.36. The van der Waals surface area contributed by atoms with Crippen LogP contribution < -0.4 is 10.3 Å². The number of hydrogen-bond donors (Lipinski definition) is 0. The van der Waals surface area contributed by atoms with E-state index in [1.165, 1.54) is 22.2 Å². The molecule has 4 heterocycles. The van der Waals surface area contributed by atoms with E-state index in [4.69, 9.17) is 9.72 Å². The van der Waals surface area contributed by atoms with Crippen molar-refractivity contribution in [3.8, 4) is 11.4 Å².